The summed E-state index contributed by atoms with van der Waals surface area (Å²) in [6, 6.07) is 0. The molecule has 1 N–H and O–H groups in total. The van der Waals surface area contributed by atoms with E-state index in [2.05, 4.69) is 19.1 Å². The van der Waals surface area contributed by atoms with E-state index in [9.17, 15) is 9.90 Å². The Balaban J connectivity index is 2.01. The molecular weight excluding hydrogens is 328 g/mol. The number of carbonyl (C=O) groups is 1. The minimum absolute atomic E-state index is 0.0670. The molecule has 0 saturated carbocycles. The minimum Gasteiger partial charge on any atom is -0.506 e. The van der Waals surface area contributed by atoms with Gasteiger partial charge in [-0.25, -0.2) is 4.79 Å². The second kappa shape index (κ2) is 13.0. The van der Waals surface area contributed by atoms with Crippen LogP contribution in [0.4, 0.5) is 0 Å². The number of methoxy groups -OCH3 is 1. The second-order valence-electron chi connectivity index (χ2n) is 7.35. The van der Waals surface area contributed by atoms with Crippen LogP contribution in [0.1, 0.15) is 97.3 Å². The Morgan fingerprint density at radius 3 is 2.04 bits per heavy atom. The molecule has 0 aromatic heterocycles. The standard InChI is InChI=1S/C22H38O4/c1-4-5-6-7-8-9-10-11-12-13-14-15-16-17-18-19-20(23)22(2,25-3)26-21(19)24/h11-12,23H,4-10,13-18H2,1-3H3/b12-11-/t22-/m1/s1. The van der Waals surface area contributed by atoms with Gasteiger partial charge in [0.2, 0.25) is 0 Å². The van der Waals surface area contributed by atoms with Gasteiger partial charge in [0.25, 0.3) is 5.79 Å². The van der Waals surface area contributed by atoms with E-state index in [1.807, 2.05) is 0 Å². The van der Waals surface area contributed by atoms with Gasteiger partial charge in [-0.1, -0.05) is 64.0 Å². The van der Waals surface area contributed by atoms with Crippen LogP contribution in [0.3, 0.4) is 0 Å². The molecule has 1 atom stereocenters. The maximum atomic E-state index is 11.8. The molecule has 1 rings (SSSR count). The molecule has 0 aromatic rings. The Morgan fingerprint density at radius 2 is 1.50 bits per heavy atom. The van der Waals surface area contributed by atoms with E-state index in [-0.39, 0.29) is 5.76 Å². The van der Waals surface area contributed by atoms with Gasteiger partial charge in [0.15, 0.2) is 5.76 Å². The molecule has 4 nitrogen and oxygen atoms in total. The van der Waals surface area contributed by atoms with E-state index in [4.69, 9.17) is 9.47 Å². The average Bonchev–Trinajstić information content (AvgIpc) is 2.85. The van der Waals surface area contributed by atoms with Gasteiger partial charge in [0, 0.05) is 14.0 Å². The summed E-state index contributed by atoms with van der Waals surface area (Å²) in [5.41, 5.74) is 0.369. The SMILES string of the molecule is CCCCCCCC/C=C\CCCCCCC1=C(O)[C@](C)(OC)OC1=O. The second-order valence-corrected chi connectivity index (χ2v) is 7.35. The predicted molar refractivity (Wildman–Crippen MR) is 106 cm³/mol. The zero-order valence-corrected chi connectivity index (χ0v) is 17.0. The first kappa shape index (κ1) is 22.8. The van der Waals surface area contributed by atoms with Crippen molar-refractivity contribution in [2.45, 2.75) is 103 Å². The molecular formula is C22H38O4. The molecule has 0 spiro atoms. The fraction of sp³-hybridized carbons (Fsp3) is 0.773. The number of allylic oxidation sites excluding steroid dienone is 2. The van der Waals surface area contributed by atoms with Gasteiger partial charge in [-0.05, 0) is 38.5 Å². The summed E-state index contributed by atoms with van der Waals surface area (Å²) < 4.78 is 10.2. The molecule has 150 valence electrons. The van der Waals surface area contributed by atoms with Crippen molar-refractivity contribution in [3.05, 3.63) is 23.5 Å². The molecule has 26 heavy (non-hydrogen) atoms. The largest absolute Gasteiger partial charge is 0.506 e. The highest BCUT2D eigenvalue weighted by Crippen LogP contribution is 2.33. The molecule has 4 heteroatoms. The zero-order chi connectivity index (χ0) is 19.3. The summed E-state index contributed by atoms with van der Waals surface area (Å²) in [6.45, 7) is 3.81. The smallest absolute Gasteiger partial charge is 0.340 e. The van der Waals surface area contributed by atoms with Crippen LogP contribution in [0.2, 0.25) is 0 Å². The lowest BCUT2D eigenvalue weighted by Gasteiger charge is -2.20. The quantitative estimate of drug-likeness (QED) is 0.208. The molecule has 0 unspecified atom stereocenters. The van der Waals surface area contributed by atoms with Crippen molar-refractivity contribution in [1.29, 1.82) is 0 Å². The monoisotopic (exact) mass is 366 g/mol. The fourth-order valence-corrected chi connectivity index (χ4v) is 3.21. The first-order valence-corrected chi connectivity index (χ1v) is 10.4. The van der Waals surface area contributed by atoms with E-state index in [0.29, 0.717) is 12.0 Å². The van der Waals surface area contributed by atoms with Crippen LogP contribution in [0.25, 0.3) is 0 Å². The van der Waals surface area contributed by atoms with Crippen molar-refractivity contribution < 1.29 is 19.4 Å². The molecule has 0 saturated heterocycles. The maximum Gasteiger partial charge on any atom is 0.340 e. The van der Waals surface area contributed by atoms with Crippen molar-refractivity contribution in [2.24, 2.45) is 0 Å². The molecule has 1 aliphatic heterocycles. The number of hydrogen-bond donors (Lipinski definition) is 1. The van der Waals surface area contributed by atoms with Gasteiger partial charge in [0.1, 0.15) is 0 Å². The number of rotatable bonds is 15. The van der Waals surface area contributed by atoms with Crippen LogP contribution in [0.15, 0.2) is 23.5 Å². The maximum absolute atomic E-state index is 11.8. The van der Waals surface area contributed by atoms with Crippen LogP contribution in [0, 0.1) is 0 Å². The fourth-order valence-electron chi connectivity index (χ4n) is 3.21. The predicted octanol–water partition coefficient (Wildman–Crippen LogP) is 6.37. The first-order chi connectivity index (χ1) is 12.5. The van der Waals surface area contributed by atoms with E-state index >= 15 is 0 Å². The summed E-state index contributed by atoms with van der Waals surface area (Å²) >= 11 is 0. The van der Waals surface area contributed by atoms with Crippen LogP contribution < -0.4 is 0 Å². The minimum atomic E-state index is -1.30. The third-order valence-electron chi connectivity index (χ3n) is 5.08. The lowest BCUT2D eigenvalue weighted by atomic mass is 10.0. The Morgan fingerprint density at radius 1 is 0.962 bits per heavy atom. The van der Waals surface area contributed by atoms with Gasteiger partial charge >= 0.3 is 5.97 Å². The lowest BCUT2D eigenvalue weighted by molar-refractivity contribution is -0.193. The lowest BCUT2D eigenvalue weighted by Crippen LogP contribution is -2.30. The van der Waals surface area contributed by atoms with Gasteiger partial charge in [-0.2, -0.15) is 0 Å². The average molecular weight is 367 g/mol. The third-order valence-corrected chi connectivity index (χ3v) is 5.08. The number of unbranched alkanes of at least 4 members (excludes halogenated alkanes) is 10. The van der Waals surface area contributed by atoms with Crippen LogP contribution in [-0.4, -0.2) is 24.0 Å². The Hall–Kier alpha value is -1.29. The highest BCUT2D eigenvalue weighted by Gasteiger charge is 2.44. The summed E-state index contributed by atoms with van der Waals surface area (Å²) in [5.74, 6) is -1.82. The molecule has 0 aromatic carbocycles. The number of aliphatic hydroxyl groups excluding tert-OH is 1. The van der Waals surface area contributed by atoms with Crippen molar-refractivity contribution >= 4 is 5.97 Å². The third kappa shape index (κ3) is 7.94. The van der Waals surface area contributed by atoms with Crippen molar-refractivity contribution in [1.82, 2.24) is 0 Å². The Labute approximate surface area is 159 Å². The van der Waals surface area contributed by atoms with Crippen molar-refractivity contribution in [3.63, 3.8) is 0 Å². The summed E-state index contributed by atoms with van der Waals surface area (Å²) in [6.07, 6.45) is 19.9. The topological polar surface area (TPSA) is 55.8 Å². The van der Waals surface area contributed by atoms with E-state index in [0.717, 1.165) is 25.7 Å². The van der Waals surface area contributed by atoms with Gasteiger partial charge in [-0.3, -0.25) is 0 Å². The number of esters is 1. The number of hydrogen-bond acceptors (Lipinski definition) is 4. The molecule has 0 bridgehead atoms. The molecule has 0 radical (unpaired) electrons. The molecule has 0 aliphatic carbocycles. The number of aliphatic hydroxyl groups is 1. The highest BCUT2D eigenvalue weighted by molar-refractivity contribution is 5.92. The summed E-state index contributed by atoms with van der Waals surface area (Å²) in [5, 5.41) is 10.1. The van der Waals surface area contributed by atoms with E-state index in [1.54, 1.807) is 6.92 Å². The number of ether oxygens (including phenoxy) is 2. The van der Waals surface area contributed by atoms with Gasteiger partial charge in [-0.15, -0.1) is 0 Å². The molecule has 1 aliphatic rings. The van der Waals surface area contributed by atoms with E-state index < -0.39 is 11.8 Å². The van der Waals surface area contributed by atoms with Crippen LogP contribution >= 0.6 is 0 Å². The normalized spacial score (nSPS) is 20.3. The first-order valence-electron chi connectivity index (χ1n) is 10.4. The van der Waals surface area contributed by atoms with E-state index in [1.165, 1.54) is 58.5 Å². The molecule has 1 heterocycles. The van der Waals surface area contributed by atoms with Gasteiger partial charge < -0.3 is 14.6 Å². The van der Waals surface area contributed by atoms with Crippen LogP contribution in [0.5, 0.6) is 0 Å². The molecule has 0 amide bonds. The Bertz CT molecular complexity index is 467. The summed E-state index contributed by atoms with van der Waals surface area (Å²) in [7, 11) is 1.42. The van der Waals surface area contributed by atoms with Crippen molar-refractivity contribution in [3.8, 4) is 0 Å². The van der Waals surface area contributed by atoms with Crippen LogP contribution in [-0.2, 0) is 14.3 Å². The van der Waals surface area contributed by atoms with Crippen molar-refractivity contribution in [2.75, 3.05) is 7.11 Å². The summed E-state index contributed by atoms with van der Waals surface area (Å²) in [4.78, 5) is 11.8. The highest BCUT2D eigenvalue weighted by atomic mass is 16.7. The zero-order valence-electron chi connectivity index (χ0n) is 17.0. The number of carbonyl (C=O) groups excluding carboxylic acids is 1. The van der Waals surface area contributed by atoms with Gasteiger partial charge in [0.05, 0.1) is 5.57 Å². The Kier molecular flexibility index (Phi) is 11.3. The molecule has 0 fully saturated rings. The number of cyclic esters (lactones) is 1.